The zero-order valence-corrected chi connectivity index (χ0v) is 10.0. The molecule has 0 aromatic rings. The largest absolute Gasteiger partial charge is 0.355 e. The highest BCUT2D eigenvalue weighted by Crippen LogP contribution is 2.12. The molecule has 15 heavy (non-hydrogen) atoms. The highest BCUT2D eigenvalue weighted by molar-refractivity contribution is 5.81. The molecule has 2 unspecified atom stereocenters. The quantitative estimate of drug-likeness (QED) is 0.685. The van der Waals surface area contributed by atoms with Gasteiger partial charge < -0.3 is 10.6 Å². The summed E-state index contributed by atoms with van der Waals surface area (Å²) in [5.41, 5.74) is 0. The van der Waals surface area contributed by atoms with Crippen LogP contribution in [0.4, 0.5) is 0 Å². The van der Waals surface area contributed by atoms with E-state index in [1.165, 1.54) is 0 Å². The second-order valence-corrected chi connectivity index (χ2v) is 4.24. The Kier molecular flexibility index (Phi) is 5.05. The Morgan fingerprint density at radius 1 is 1.60 bits per heavy atom. The molecule has 0 aliphatic carbocycles. The predicted molar refractivity (Wildman–Crippen MR) is 61.8 cm³/mol. The van der Waals surface area contributed by atoms with Crippen LogP contribution in [0.5, 0.6) is 0 Å². The summed E-state index contributed by atoms with van der Waals surface area (Å²) < 4.78 is 0. The Labute approximate surface area is 92.4 Å². The number of amides is 1. The van der Waals surface area contributed by atoms with Gasteiger partial charge >= 0.3 is 0 Å². The number of hydrogen-bond acceptors (Lipinski definition) is 3. The first-order chi connectivity index (χ1) is 7.19. The lowest BCUT2D eigenvalue weighted by molar-refractivity contribution is -0.125. The first-order valence-corrected chi connectivity index (χ1v) is 5.88. The van der Waals surface area contributed by atoms with E-state index in [-0.39, 0.29) is 11.9 Å². The first kappa shape index (κ1) is 12.5. The highest BCUT2D eigenvalue weighted by Gasteiger charge is 2.28. The molecule has 1 aliphatic rings. The van der Waals surface area contributed by atoms with Crippen molar-refractivity contribution < 1.29 is 4.79 Å². The van der Waals surface area contributed by atoms with Gasteiger partial charge in [-0.1, -0.05) is 6.92 Å². The van der Waals surface area contributed by atoms with Crippen LogP contribution in [0.2, 0.25) is 0 Å². The maximum atomic E-state index is 11.7. The van der Waals surface area contributed by atoms with Crippen LogP contribution in [0.1, 0.15) is 26.7 Å². The number of rotatable bonds is 5. The molecule has 0 radical (unpaired) electrons. The molecule has 1 aliphatic heterocycles. The Morgan fingerprint density at radius 2 is 2.33 bits per heavy atom. The fourth-order valence-electron chi connectivity index (χ4n) is 1.94. The zero-order valence-electron chi connectivity index (χ0n) is 10.0. The molecule has 2 N–H and O–H groups in total. The molecule has 1 saturated heterocycles. The SMILES string of the molecule is CCCNC(=O)C(C)N1CCC(NC)C1. The Hall–Kier alpha value is -0.610. The minimum absolute atomic E-state index is 0.00917. The number of nitrogens with one attached hydrogen (secondary N) is 2. The summed E-state index contributed by atoms with van der Waals surface area (Å²) in [7, 11) is 1.98. The third-order valence-electron chi connectivity index (χ3n) is 3.10. The van der Waals surface area contributed by atoms with Gasteiger partial charge in [-0.3, -0.25) is 9.69 Å². The third kappa shape index (κ3) is 3.47. The second-order valence-electron chi connectivity index (χ2n) is 4.24. The minimum Gasteiger partial charge on any atom is -0.355 e. The van der Waals surface area contributed by atoms with E-state index >= 15 is 0 Å². The van der Waals surface area contributed by atoms with Gasteiger partial charge in [-0.05, 0) is 26.8 Å². The maximum Gasteiger partial charge on any atom is 0.237 e. The van der Waals surface area contributed by atoms with Crippen molar-refractivity contribution in [1.82, 2.24) is 15.5 Å². The first-order valence-electron chi connectivity index (χ1n) is 5.88. The molecule has 0 bridgehead atoms. The van der Waals surface area contributed by atoms with E-state index in [4.69, 9.17) is 0 Å². The van der Waals surface area contributed by atoms with E-state index in [1.807, 2.05) is 14.0 Å². The van der Waals surface area contributed by atoms with Crippen LogP contribution in [-0.4, -0.2) is 49.6 Å². The van der Waals surface area contributed by atoms with Crippen molar-refractivity contribution >= 4 is 5.91 Å². The van der Waals surface area contributed by atoms with Gasteiger partial charge in [-0.2, -0.15) is 0 Å². The summed E-state index contributed by atoms with van der Waals surface area (Å²) in [4.78, 5) is 14.0. The minimum atomic E-state index is 0.00917. The van der Waals surface area contributed by atoms with Crippen LogP contribution in [0.15, 0.2) is 0 Å². The van der Waals surface area contributed by atoms with Crippen molar-refractivity contribution in [3.63, 3.8) is 0 Å². The summed E-state index contributed by atoms with van der Waals surface area (Å²) in [6.45, 7) is 6.84. The van der Waals surface area contributed by atoms with Crippen molar-refractivity contribution in [2.75, 3.05) is 26.7 Å². The van der Waals surface area contributed by atoms with Crippen LogP contribution in [0.3, 0.4) is 0 Å². The molecular weight excluding hydrogens is 190 g/mol. The predicted octanol–water partition coefficient (Wildman–Crippen LogP) is 0.195. The van der Waals surface area contributed by atoms with Crippen LogP contribution < -0.4 is 10.6 Å². The highest BCUT2D eigenvalue weighted by atomic mass is 16.2. The fraction of sp³-hybridized carbons (Fsp3) is 0.909. The molecule has 1 amide bonds. The molecule has 4 heteroatoms. The Balaban J connectivity index is 2.33. The van der Waals surface area contributed by atoms with Crippen LogP contribution in [-0.2, 0) is 4.79 Å². The van der Waals surface area contributed by atoms with Gasteiger partial charge in [-0.15, -0.1) is 0 Å². The summed E-state index contributed by atoms with van der Waals surface area (Å²) in [6.07, 6.45) is 2.14. The number of hydrogen-bond donors (Lipinski definition) is 2. The average molecular weight is 213 g/mol. The molecule has 0 aromatic carbocycles. The molecule has 2 atom stereocenters. The number of nitrogens with zero attached hydrogens (tertiary/aromatic N) is 1. The normalized spacial score (nSPS) is 24.1. The number of carbonyl (C=O) groups is 1. The van der Waals surface area contributed by atoms with E-state index in [9.17, 15) is 4.79 Å². The van der Waals surface area contributed by atoms with Crippen LogP contribution in [0.25, 0.3) is 0 Å². The van der Waals surface area contributed by atoms with E-state index in [0.717, 1.165) is 32.5 Å². The second kappa shape index (κ2) is 6.08. The average Bonchev–Trinajstić information content (AvgIpc) is 2.73. The van der Waals surface area contributed by atoms with Gasteiger partial charge in [0, 0.05) is 25.7 Å². The maximum absolute atomic E-state index is 11.7. The van der Waals surface area contributed by atoms with Crippen LogP contribution in [0, 0.1) is 0 Å². The fourth-order valence-corrected chi connectivity index (χ4v) is 1.94. The monoisotopic (exact) mass is 213 g/mol. The molecular formula is C11H23N3O. The smallest absolute Gasteiger partial charge is 0.237 e. The zero-order chi connectivity index (χ0) is 11.3. The summed E-state index contributed by atoms with van der Waals surface area (Å²) in [5.74, 6) is 0.161. The summed E-state index contributed by atoms with van der Waals surface area (Å²) in [6, 6.07) is 0.557. The van der Waals surface area contributed by atoms with Gasteiger partial charge in [0.15, 0.2) is 0 Å². The summed E-state index contributed by atoms with van der Waals surface area (Å²) in [5, 5.41) is 6.20. The van der Waals surface area contributed by atoms with E-state index in [2.05, 4.69) is 22.5 Å². The van der Waals surface area contributed by atoms with Gasteiger partial charge in [0.2, 0.25) is 5.91 Å². The molecule has 1 rings (SSSR count). The lowest BCUT2D eigenvalue weighted by Gasteiger charge is -2.23. The van der Waals surface area contributed by atoms with Crippen molar-refractivity contribution in [2.24, 2.45) is 0 Å². The molecule has 1 heterocycles. The van der Waals surface area contributed by atoms with Gasteiger partial charge in [0.25, 0.3) is 0 Å². The van der Waals surface area contributed by atoms with Crippen LogP contribution >= 0.6 is 0 Å². The Bertz CT molecular complexity index is 208. The number of carbonyl (C=O) groups excluding carboxylic acids is 1. The molecule has 0 saturated carbocycles. The van der Waals surface area contributed by atoms with Crippen molar-refractivity contribution in [3.05, 3.63) is 0 Å². The summed E-state index contributed by atoms with van der Waals surface area (Å²) >= 11 is 0. The van der Waals surface area contributed by atoms with Crippen molar-refractivity contribution in [3.8, 4) is 0 Å². The van der Waals surface area contributed by atoms with Crippen molar-refractivity contribution in [1.29, 1.82) is 0 Å². The topological polar surface area (TPSA) is 44.4 Å². The number of likely N-dealkylation sites (tertiary alicyclic amines) is 1. The number of likely N-dealkylation sites (N-methyl/N-ethyl adjacent to an activating group) is 1. The van der Waals surface area contributed by atoms with Gasteiger partial charge in [-0.25, -0.2) is 0 Å². The molecule has 88 valence electrons. The van der Waals surface area contributed by atoms with Gasteiger partial charge in [0.1, 0.15) is 0 Å². The van der Waals surface area contributed by atoms with E-state index < -0.39 is 0 Å². The standard InChI is InChI=1S/C11H23N3O/c1-4-6-13-11(15)9(2)14-7-5-10(8-14)12-3/h9-10,12H,4-8H2,1-3H3,(H,13,15). The van der Waals surface area contributed by atoms with E-state index in [0.29, 0.717) is 6.04 Å². The molecule has 0 spiro atoms. The van der Waals surface area contributed by atoms with Gasteiger partial charge in [0.05, 0.1) is 6.04 Å². The van der Waals surface area contributed by atoms with E-state index in [1.54, 1.807) is 0 Å². The lowest BCUT2D eigenvalue weighted by Crippen LogP contribution is -2.45. The lowest BCUT2D eigenvalue weighted by atomic mass is 10.2. The molecule has 4 nitrogen and oxygen atoms in total. The van der Waals surface area contributed by atoms with Crippen molar-refractivity contribution in [2.45, 2.75) is 38.8 Å². The molecule has 0 aromatic heterocycles. The third-order valence-corrected chi connectivity index (χ3v) is 3.10. The molecule has 1 fully saturated rings. The Morgan fingerprint density at radius 3 is 2.87 bits per heavy atom.